The Morgan fingerprint density at radius 2 is 2.05 bits per heavy atom. The SMILES string of the molecule is O=C(O)c1cc(Oc2cccc(Br)c2)c(F)cc1[N+](=O)[O-]. The number of benzene rings is 2. The molecule has 2 aromatic carbocycles. The van der Waals surface area contributed by atoms with Gasteiger partial charge < -0.3 is 9.84 Å². The summed E-state index contributed by atoms with van der Waals surface area (Å²) in [4.78, 5) is 20.8. The molecule has 8 heteroatoms. The van der Waals surface area contributed by atoms with Crippen molar-refractivity contribution in [2.75, 3.05) is 0 Å². The molecule has 6 nitrogen and oxygen atoms in total. The Morgan fingerprint density at radius 3 is 2.62 bits per heavy atom. The Kier molecular flexibility index (Phi) is 4.18. The number of carbonyl (C=O) groups is 1. The number of ether oxygens (including phenoxy) is 1. The predicted molar refractivity (Wildman–Crippen MR) is 74.2 cm³/mol. The second-order valence-corrected chi connectivity index (χ2v) is 4.84. The standard InChI is InChI=1S/C13H7BrFNO5/c14-7-2-1-3-8(4-7)21-12-5-9(13(17)18)11(16(19)20)6-10(12)15/h1-6H,(H,17,18). The van der Waals surface area contributed by atoms with E-state index in [1.165, 1.54) is 6.07 Å². The van der Waals surface area contributed by atoms with Gasteiger partial charge in [0.2, 0.25) is 0 Å². The van der Waals surface area contributed by atoms with Gasteiger partial charge in [0.15, 0.2) is 11.6 Å². The summed E-state index contributed by atoms with van der Waals surface area (Å²) in [6.07, 6.45) is 0. The van der Waals surface area contributed by atoms with Crippen molar-refractivity contribution >= 4 is 27.6 Å². The largest absolute Gasteiger partial charge is 0.477 e. The van der Waals surface area contributed by atoms with Crippen molar-refractivity contribution in [2.45, 2.75) is 0 Å². The molecule has 2 rings (SSSR count). The van der Waals surface area contributed by atoms with Crippen molar-refractivity contribution in [1.29, 1.82) is 0 Å². The molecular formula is C13H7BrFNO5. The van der Waals surface area contributed by atoms with Gasteiger partial charge in [0, 0.05) is 10.5 Å². The number of rotatable bonds is 4. The molecular weight excluding hydrogens is 349 g/mol. The van der Waals surface area contributed by atoms with E-state index in [4.69, 9.17) is 9.84 Å². The number of nitro benzene ring substituents is 1. The third kappa shape index (κ3) is 3.34. The lowest BCUT2D eigenvalue weighted by molar-refractivity contribution is -0.385. The average Bonchev–Trinajstić information content (AvgIpc) is 2.40. The number of hydrogen-bond donors (Lipinski definition) is 1. The van der Waals surface area contributed by atoms with Gasteiger partial charge in [-0.3, -0.25) is 10.1 Å². The number of nitrogens with zero attached hydrogens (tertiary/aromatic N) is 1. The van der Waals surface area contributed by atoms with Crippen LogP contribution in [0, 0.1) is 15.9 Å². The van der Waals surface area contributed by atoms with E-state index in [0.29, 0.717) is 10.5 Å². The zero-order valence-electron chi connectivity index (χ0n) is 10.2. The van der Waals surface area contributed by atoms with E-state index in [9.17, 15) is 19.3 Å². The van der Waals surface area contributed by atoms with Gasteiger partial charge in [-0.1, -0.05) is 22.0 Å². The fourth-order valence-electron chi connectivity index (χ4n) is 1.60. The molecule has 0 bridgehead atoms. The van der Waals surface area contributed by atoms with Crippen LogP contribution < -0.4 is 4.74 Å². The van der Waals surface area contributed by atoms with Crippen LogP contribution in [0.25, 0.3) is 0 Å². The number of carboxylic acids is 1. The number of nitro groups is 1. The van der Waals surface area contributed by atoms with Crippen LogP contribution >= 0.6 is 15.9 Å². The van der Waals surface area contributed by atoms with Crippen LogP contribution in [-0.2, 0) is 0 Å². The Labute approximate surface area is 126 Å². The minimum absolute atomic E-state index is 0.258. The van der Waals surface area contributed by atoms with Gasteiger partial charge in [0.05, 0.1) is 11.0 Å². The molecule has 0 unspecified atom stereocenters. The fourth-order valence-corrected chi connectivity index (χ4v) is 1.98. The first kappa shape index (κ1) is 14.9. The van der Waals surface area contributed by atoms with Gasteiger partial charge in [0.1, 0.15) is 11.3 Å². The first-order valence-electron chi connectivity index (χ1n) is 5.53. The lowest BCUT2D eigenvalue weighted by Gasteiger charge is -2.08. The first-order valence-corrected chi connectivity index (χ1v) is 6.32. The Balaban J connectivity index is 2.47. The number of halogens is 2. The van der Waals surface area contributed by atoms with Crippen LogP contribution in [-0.4, -0.2) is 16.0 Å². The molecule has 0 saturated heterocycles. The van der Waals surface area contributed by atoms with Gasteiger partial charge in [-0.25, -0.2) is 9.18 Å². The molecule has 0 amide bonds. The highest BCUT2D eigenvalue weighted by molar-refractivity contribution is 9.10. The third-order valence-corrected chi connectivity index (χ3v) is 2.99. The topological polar surface area (TPSA) is 89.7 Å². The van der Waals surface area contributed by atoms with Crippen LogP contribution in [0.5, 0.6) is 11.5 Å². The van der Waals surface area contributed by atoms with Crippen LogP contribution in [0.1, 0.15) is 10.4 Å². The van der Waals surface area contributed by atoms with Gasteiger partial charge in [-0.2, -0.15) is 0 Å². The Morgan fingerprint density at radius 1 is 1.33 bits per heavy atom. The van der Waals surface area contributed by atoms with E-state index in [0.717, 1.165) is 6.07 Å². The van der Waals surface area contributed by atoms with E-state index >= 15 is 0 Å². The van der Waals surface area contributed by atoms with Crippen LogP contribution in [0.15, 0.2) is 40.9 Å². The molecule has 0 atom stereocenters. The first-order chi connectivity index (χ1) is 9.88. The predicted octanol–water partition coefficient (Wildman–Crippen LogP) is 3.99. The Bertz CT molecular complexity index is 734. The van der Waals surface area contributed by atoms with Crippen LogP contribution in [0.3, 0.4) is 0 Å². The summed E-state index contributed by atoms with van der Waals surface area (Å²) in [5, 5.41) is 19.7. The Hall–Kier alpha value is -2.48. The van der Waals surface area contributed by atoms with E-state index < -0.39 is 33.7 Å². The van der Waals surface area contributed by atoms with Crippen molar-refractivity contribution in [3.8, 4) is 11.5 Å². The molecule has 0 aliphatic rings. The molecule has 1 N–H and O–H groups in total. The minimum atomic E-state index is -1.54. The summed E-state index contributed by atoms with van der Waals surface area (Å²) in [6.45, 7) is 0. The van der Waals surface area contributed by atoms with E-state index in [1.54, 1.807) is 18.2 Å². The molecule has 108 valence electrons. The van der Waals surface area contributed by atoms with Crippen LogP contribution in [0.2, 0.25) is 0 Å². The maximum atomic E-state index is 13.8. The summed E-state index contributed by atoms with van der Waals surface area (Å²) >= 11 is 3.21. The smallest absolute Gasteiger partial charge is 0.342 e. The summed E-state index contributed by atoms with van der Waals surface area (Å²) in [6, 6.07) is 7.75. The summed E-state index contributed by atoms with van der Waals surface area (Å²) in [7, 11) is 0. The van der Waals surface area contributed by atoms with Gasteiger partial charge in [0.25, 0.3) is 5.69 Å². The lowest BCUT2D eigenvalue weighted by Crippen LogP contribution is -2.04. The molecule has 0 heterocycles. The lowest BCUT2D eigenvalue weighted by atomic mass is 10.1. The van der Waals surface area contributed by atoms with Crippen molar-refractivity contribution in [3.05, 3.63) is 62.4 Å². The highest BCUT2D eigenvalue weighted by Gasteiger charge is 2.24. The van der Waals surface area contributed by atoms with Crippen molar-refractivity contribution in [3.63, 3.8) is 0 Å². The molecule has 0 aromatic heterocycles. The monoisotopic (exact) mass is 355 g/mol. The van der Waals surface area contributed by atoms with E-state index in [2.05, 4.69) is 15.9 Å². The minimum Gasteiger partial charge on any atom is -0.477 e. The average molecular weight is 356 g/mol. The summed E-state index contributed by atoms with van der Waals surface area (Å²) in [5.41, 5.74) is -1.48. The third-order valence-electron chi connectivity index (χ3n) is 2.50. The quantitative estimate of drug-likeness (QED) is 0.661. The molecule has 0 fully saturated rings. The van der Waals surface area contributed by atoms with Crippen molar-refractivity contribution in [2.24, 2.45) is 0 Å². The van der Waals surface area contributed by atoms with E-state index in [1.807, 2.05) is 0 Å². The van der Waals surface area contributed by atoms with Gasteiger partial charge in [-0.05, 0) is 18.2 Å². The maximum Gasteiger partial charge on any atom is 0.342 e. The number of aromatic carboxylic acids is 1. The highest BCUT2D eigenvalue weighted by Crippen LogP contribution is 2.31. The fraction of sp³-hybridized carbons (Fsp3) is 0. The summed E-state index contributed by atoms with van der Waals surface area (Å²) in [5.74, 6) is -2.71. The van der Waals surface area contributed by atoms with Crippen molar-refractivity contribution < 1.29 is 24.0 Å². The number of hydrogen-bond acceptors (Lipinski definition) is 4. The second-order valence-electron chi connectivity index (χ2n) is 3.92. The molecule has 0 aliphatic carbocycles. The van der Waals surface area contributed by atoms with E-state index in [-0.39, 0.29) is 5.75 Å². The van der Waals surface area contributed by atoms with Gasteiger partial charge >= 0.3 is 5.97 Å². The second kappa shape index (κ2) is 5.88. The highest BCUT2D eigenvalue weighted by atomic mass is 79.9. The molecule has 0 aliphatic heterocycles. The maximum absolute atomic E-state index is 13.8. The summed E-state index contributed by atoms with van der Waals surface area (Å²) < 4.78 is 19.7. The molecule has 21 heavy (non-hydrogen) atoms. The molecule has 0 radical (unpaired) electrons. The normalized spacial score (nSPS) is 10.2. The van der Waals surface area contributed by atoms with Gasteiger partial charge in [-0.15, -0.1) is 0 Å². The number of carboxylic acid groups (broad SMARTS) is 1. The molecule has 0 saturated carbocycles. The molecule has 2 aromatic rings. The van der Waals surface area contributed by atoms with Crippen molar-refractivity contribution in [1.82, 2.24) is 0 Å². The zero-order valence-corrected chi connectivity index (χ0v) is 11.8. The zero-order chi connectivity index (χ0) is 15.6. The molecule has 0 spiro atoms. The van der Waals surface area contributed by atoms with Crippen LogP contribution in [0.4, 0.5) is 10.1 Å².